The molecule has 6 heteroatoms. The summed E-state index contributed by atoms with van der Waals surface area (Å²) in [5, 5.41) is 11.1. The molecule has 2 rings (SSSR count). The van der Waals surface area contributed by atoms with E-state index in [-0.39, 0.29) is 22.0 Å². The highest BCUT2D eigenvalue weighted by Gasteiger charge is 2.28. The van der Waals surface area contributed by atoms with E-state index in [9.17, 15) is 14.9 Å². The fourth-order valence-electron chi connectivity index (χ4n) is 2.35. The number of rotatable bonds is 2. The van der Waals surface area contributed by atoms with Crippen molar-refractivity contribution in [2.75, 3.05) is 13.1 Å². The molecule has 0 radical (unpaired) electrons. The number of carbonyl (C=O) groups is 1. The quantitative estimate of drug-likeness (QED) is 0.477. The molecule has 1 unspecified atom stereocenters. The Morgan fingerprint density at radius 2 is 2.26 bits per heavy atom. The molecule has 0 bridgehead atoms. The summed E-state index contributed by atoms with van der Waals surface area (Å²) in [7, 11) is 0. The van der Waals surface area contributed by atoms with Crippen LogP contribution in [0.4, 0.5) is 5.69 Å². The third-order valence-electron chi connectivity index (χ3n) is 3.30. The number of para-hydroxylation sites is 1. The zero-order chi connectivity index (χ0) is 14.0. The first-order valence-electron chi connectivity index (χ1n) is 6.18. The van der Waals surface area contributed by atoms with E-state index in [1.807, 2.05) is 0 Å². The topological polar surface area (TPSA) is 63.5 Å². The van der Waals surface area contributed by atoms with Gasteiger partial charge in [0.2, 0.25) is 0 Å². The smallest absolute Gasteiger partial charge is 0.285 e. The van der Waals surface area contributed by atoms with Gasteiger partial charge < -0.3 is 4.90 Å². The van der Waals surface area contributed by atoms with Gasteiger partial charge in [-0.25, -0.2) is 0 Å². The molecule has 1 aliphatic rings. The molecule has 1 aliphatic heterocycles. The predicted molar refractivity (Wildman–Crippen MR) is 75.7 cm³/mol. The van der Waals surface area contributed by atoms with Gasteiger partial charge in [-0.15, -0.1) is 0 Å². The number of carbonyl (C=O) groups excluding carboxylic acids is 1. The van der Waals surface area contributed by atoms with Crippen LogP contribution in [-0.2, 0) is 0 Å². The van der Waals surface area contributed by atoms with E-state index in [4.69, 9.17) is 0 Å². The summed E-state index contributed by atoms with van der Waals surface area (Å²) in [6.07, 6.45) is 1.95. The predicted octanol–water partition coefficient (Wildman–Crippen LogP) is 2.90. The number of nitro benzene ring substituents is 1. The number of hydrogen-bond acceptors (Lipinski definition) is 3. The van der Waals surface area contributed by atoms with Gasteiger partial charge in [0.05, 0.1) is 4.92 Å². The molecule has 5 nitrogen and oxygen atoms in total. The number of aryl methyl sites for hydroxylation is 1. The molecule has 1 fully saturated rings. The number of likely N-dealkylation sites (tertiary alicyclic amines) is 1. The van der Waals surface area contributed by atoms with E-state index >= 15 is 0 Å². The average Bonchev–Trinajstić information content (AvgIpc) is 2.37. The molecule has 1 heterocycles. The lowest BCUT2D eigenvalue weighted by Crippen LogP contribution is -2.40. The molecule has 1 aromatic carbocycles. The lowest BCUT2D eigenvalue weighted by Gasteiger charge is -2.30. The van der Waals surface area contributed by atoms with E-state index in [1.54, 1.807) is 24.0 Å². The Bertz CT molecular complexity index is 519. The third kappa shape index (κ3) is 2.94. The highest BCUT2D eigenvalue weighted by atomic mass is 79.9. The van der Waals surface area contributed by atoms with Crippen molar-refractivity contribution >= 4 is 27.5 Å². The molecule has 0 aromatic heterocycles. The number of piperidine rings is 1. The van der Waals surface area contributed by atoms with Crippen molar-refractivity contribution in [2.45, 2.75) is 24.6 Å². The summed E-state index contributed by atoms with van der Waals surface area (Å²) in [5.41, 5.74) is 0.624. The van der Waals surface area contributed by atoms with Crippen molar-refractivity contribution in [3.63, 3.8) is 0 Å². The van der Waals surface area contributed by atoms with Crippen LogP contribution in [0.3, 0.4) is 0 Å². The number of nitro groups is 1. The van der Waals surface area contributed by atoms with Crippen molar-refractivity contribution in [3.8, 4) is 0 Å². The molecule has 1 atom stereocenters. The van der Waals surface area contributed by atoms with E-state index < -0.39 is 4.92 Å². The molecule has 1 saturated heterocycles. The summed E-state index contributed by atoms with van der Waals surface area (Å²) in [5.74, 6) is -0.250. The summed E-state index contributed by atoms with van der Waals surface area (Å²) in [6, 6.07) is 4.87. The van der Waals surface area contributed by atoms with Gasteiger partial charge in [0, 0.05) is 23.5 Å². The number of hydrogen-bond donors (Lipinski definition) is 0. The third-order valence-corrected chi connectivity index (χ3v) is 4.05. The monoisotopic (exact) mass is 326 g/mol. The maximum absolute atomic E-state index is 12.4. The van der Waals surface area contributed by atoms with Crippen LogP contribution in [0.2, 0.25) is 0 Å². The second kappa shape index (κ2) is 5.69. The van der Waals surface area contributed by atoms with Crippen molar-refractivity contribution in [1.29, 1.82) is 0 Å². The van der Waals surface area contributed by atoms with Gasteiger partial charge in [0.25, 0.3) is 11.6 Å². The first kappa shape index (κ1) is 14.0. The molecular weight excluding hydrogens is 312 g/mol. The maximum Gasteiger partial charge on any atom is 0.285 e. The van der Waals surface area contributed by atoms with E-state index in [0.717, 1.165) is 12.8 Å². The number of nitrogens with zero attached hydrogens (tertiary/aromatic N) is 2. The molecule has 0 spiro atoms. The van der Waals surface area contributed by atoms with Crippen LogP contribution in [-0.4, -0.2) is 33.6 Å². The normalized spacial score (nSPS) is 19.3. The maximum atomic E-state index is 12.4. The molecule has 0 aliphatic carbocycles. The van der Waals surface area contributed by atoms with Crippen LogP contribution in [0, 0.1) is 17.0 Å². The highest BCUT2D eigenvalue weighted by molar-refractivity contribution is 9.09. The van der Waals surface area contributed by atoms with Crippen LogP contribution in [0.15, 0.2) is 18.2 Å². The lowest BCUT2D eigenvalue weighted by molar-refractivity contribution is -0.385. The fraction of sp³-hybridized carbons (Fsp3) is 0.462. The van der Waals surface area contributed by atoms with Gasteiger partial charge in [0.15, 0.2) is 0 Å². The average molecular weight is 327 g/mol. The van der Waals surface area contributed by atoms with Crippen LogP contribution in [0.25, 0.3) is 0 Å². The van der Waals surface area contributed by atoms with Gasteiger partial charge in [0.1, 0.15) is 5.56 Å². The molecule has 0 saturated carbocycles. The zero-order valence-corrected chi connectivity index (χ0v) is 12.2. The van der Waals surface area contributed by atoms with Gasteiger partial charge in [-0.1, -0.05) is 28.1 Å². The summed E-state index contributed by atoms with van der Waals surface area (Å²) in [4.78, 5) is 25.0. The van der Waals surface area contributed by atoms with E-state index in [1.165, 1.54) is 6.07 Å². The Morgan fingerprint density at radius 3 is 2.89 bits per heavy atom. The van der Waals surface area contributed by atoms with Gasteiger partial charge in [-0.2, -0.15) is 0 Å². The van der Waals surface area contributed by atoms with Crippen LogP contribution in [0.1, 0.15) is 28.8 Å². The Morgan fingerprint density at radius 1 is 1.53 bits per heavy atom. The minimum absolute atomic E-state index is 0.0794. The Hall–Kier alpha value is -1.43. The van der Waals surface area contributed by atoms with Crippen molar-refractivity contribution in [1.82, 2.24) is 4.90 Å². The van der Waals surface area contributed by atoms with Crippen molar-refractivity contribution in [2.24, 2.45) is 0 Å². The van der Waals surface area contributed by atoms with Crippen LogP contribution < -0.4 is 0 Å². The second-order valence-corrected chi connectivity index (χ2v) is 6.01. The van der Waals surface area contributed by atoms with Crippen molar-refractivity contribution < 1.29 is 9.72 Å². The minimum atomic E-state index is -0.474. The molecule has 1 amide bonds. The van der Waals surface area contributed by atoms with Gasteiger partial charge in [-0.3, -0.25) is 14.9 Å². The minimum Gasteiger partial charge on any atom is -0.337 e. The first-order valence-corrected chi connectivity index (χ1v) is 7.09. The van der Waals surface area contributed by atoms with E-state index in [0.29, 0.717) is 18.7 Å². The van der Waals surface area contributed by atoms with Crippen LogP contribution >= 0.6 is 15.9 Å². The fourth-order valence-corrected chi connectivity index (χ4v) is 3.03. The Kier molecular flexibility index (Phi) is 4.19. The van der Waals surface area contributed by atoms with E-state index in [2.05, 4.69) is 15.9 Å². The molecule has 19 heavy (non-hydrogen) atoms. The SMILES string of the molecule is Cc1cccc(C(=O)N2CCCC(Br)C2)c1[N+](=O)[O-]. The molecule has 102 valence electrons. The van der Waals surface area contributed by atoms with Crippen molar-refractivity contribution in [3.05, 3.63) is 39.4 Å². The largest absolute Gasteiger partial charge is 0.337 e. The Labute approximate surface area is 119 Å². The summed E-state index contributed by atoms with van der Waals surface area (Å²) < 4.78 is 0. The highest BCUT2D eigenvalue weighted by Crippen LogP contribution is 2.26. The molecule has 0 N–H and O–H groups in total. The summed E-state index contributed by atoms with van der Waals surface area (Å²) in [6.45, 7) is 2.91. The molecule has 1 aromatic rings. The Balaban J connectivity index is 2.33. The van der Waals surface area contributed by atoms with Gasteiger partial charge >= 0.3 is 0 Å². The van der Waals surface area contributed by atoms with Gasteiger partial charge in [-0.05, 0) is 25.8 Å². The standard InChI is InChI=1S/C13H15BrN2O3/c1-9-4-2-6-11(12(9)16(18)19)13(17)15-7-3-5-10(14)8-15/h2,4,6,10H,3,5,7-8H2,1H3. The second-order valence-electron chi connectivity index (χ2n) is 4.72. The number of halogens is 1. The first-order chi connectivity index (χ1) is 9.00. The zero-order valence-electron chi connectivity index (χ0n) is 10.6. The van der Waals surface area contributed by atoms with Crippen LogP contribution in [0.5, 0.6) is 0 Å². The number of benzene rings is 1. The number of alkyl halides is 1. The molecular formula is C13H15BrN2O3. The number of amides is 1. The lowest BCUT2D eigenvalue weighted by atomic mass is 10.0. The summed E-state index contributed by atoms with van der Waals surface area (Å²) >= 11 is 3.50.